The monoisotopic (exact) mass is 242 g/mol. The van der Waals surface area contributed by atoms with E-state index in [0.717, 1.165) is 6.42 Å². The molecule has 2 aliphatic heterocycles. The number of carbonyl (C=O) groups is 2. The summed E-state index contributed by atoms with van der Waals surface area (Å²) in [5, 5.41) is 18.5. The Morgan fingerprint density at radius 3 is 2.53 bits per heavy atom. The summed E-state index contributed by atoms with van der Waals surface area (Å²) in [4.78, 5) is 26.1. The number of urea groups is 1. The summed E-state index contributed by atoms with van der Waals surface area (Å²) in [5.74, 6) is -0.572. The molecule has 2 heterocycles. The van der Waals surface area contributed by atoms with Crippen molar-refractivity contribution in [2.45, 2.75) is 31.9 Å². The molecule has 0 aromatic carbocycles. The van der Waals surface area contributed by atoms with Crippen LogP contribution in [0.2, 0.25) is 0 Å². The number of carboxylic acid groups (broad SMARTS) is 1. The van der Waals surface area contributed by atoms with Gasteiger partial charge in [0.2, 0.25) is 0 Å². The van der Waals surface area contributed by atoms with Gasteiger partial charge in [0.1, 0.15) is 6.04 Å². The van der Waals surface area contributed by atoms with Crippen molar-refractivity contribution in [3.63, 3.8) is 0 Å². The highest BCUT2D eigenvalue weighted by molar-refractivity contribution is 5.83. The largest absolute Gasteiger partial charge is 0.480 e. The van der Waals surface area contributed by atoms with E-state index in [1.54, 1.807) is 4.90 Å². The highest BCUT2D eigenvalue weighted by atomic mass is 16.4. The molecule has 17 heavy (non-hydrogen) atoms. The van der Waals surface area contributed by atoms with Crippen LogP contribution in [0.5, 0.6) is 0 Å². The first kappa shape index (κ1) is 12.2. The van der Waals surface area contributed by atoms with Gasteiger partial charge in [0.25, 0.3) is 0 Å². The summed E-state index contributed by atoms with van der Waals surface area (Å²) in [6.45, 7) is 3.55. The average Bonchev–Trinajstić information content (AvgIpc) is 2.83. The lowest BCUT2D eigenvalue weighted by Crippen LogP contribution is -2.47. The molecule has 2 saturated heterocycles. The Morgan fingerprint density at radius 2 is 2.00 bits per heavy atom. The number of hydrogen-bond acceptors (Lipinski definition) is 3. The van der Waals surface area contributed by atoms with Gasteiger partial charge in [0.15, 0.2) is 0 Å². The number of carbonyl (C=O) groups excluding carboxylic acids is 1. The minimum absolute atomic E-state index is 0.126. The van der Waals surface area contributed by atoms with Crippen LogP contribution in [-0.2, 0) is 4.79 Å². The molecule has 2 rings (SSSR count). The van der Waals surface area contributed by atoms with Crippen LogP contribution in [0, 0.1) is 5.92 Å². The standard InChI is InChI=1S/C11H18N2O4/c1-7-2-3-12(5-7)11(17)13-6-8(14)4-9(13)10(15)16/h7-9,14H,2-6H2,1H3,(H,15,16). The lowest BCUT2D eigenvalue weighted by Gasteiger charge is -2.27. The number of nitrogens with zero attached hydrogens (tertiary/aromatic N) is 2. The number of rotatable bonds is 1. The van der Waals surface area contributed by atoms with Crippen LogP contribution in [0.4, 0.5) is 4.79 Å². The van der Waals surface area contributed by atoms with Crippen LogP contribution in [0.1, 0.15) is 19.8 Å². The number of β-amino-alcohol motifs (C(OH)–C–C–N with tert-alkyl or cyclic N) is 1. The van der Waals surface area contributed by atoms with Crippen molar-refractivity contribution in [2.24, 2.45) is 5.92 Å². The average molecular weight is 242 g/mol. The molecule has 0 aliphatic carbocycles. The van der Waals surface area contributed by atoms with E-state index in [2.05, 4.69) is 6.92 Å². The van der Waals surface area contributed by atoms with E-state index in [1.807, 2.05) is 0 Å². The van der Waals surface area contributed by atoms with Crippen molar-refractivity contribution in [2.75, 3.05) is 19.6 Å². The van der Waals surface area contributed by atoms with Gasteiger partial charge < -0.3 is 20.0 Å². The van der Waals surface area contributed by atoms with Crippen LogP contribution in [-0.4, -0.2) is 63.8 Å². The Hall–Kier alpha value is -1.30. The molecule has 2 N–H and O–H groups in total. The van der Waals surface area contributed by atoms with E-state index in [9.17, 15) is 14.7 Å². The van der Waals surface area contributed by atoms with Gasteiger partial charge in [-0.15, -0.1) is 0 Å². The number of hydrogen-bond donors (Lipinski definition) is 2. The van der Waals surface area contributed by atoms with Crippen molar-refractivity contribution in [1.29, 1.82) is 0 Å². The van der Waals surface area contributed by atoms with Crippen molar-refractivity contribution in [3.05, 3.63) is 0 Å². The van der Waals surface area contributed by atoms with Crippen LogP contribution in [0.3, 0.4) is 0 Å². The first-order valence-corrected chi connectivity index (χ1v) is 5.95. The molecular formula is C11H18N2O4. The topological polar surface area (TPSA) is 81.1 Å². The molecule has 6 nitrogen and oxygen atoms in total. The molecular weight excluding hydrogens is 224 g/mol. The summed E-state index contributed by atoms with van der Waals surface area (Å²) < 4.78 is 0. The Labute approximate surface area is 99.8 Å². The minimum Gasteiger partial charge on any atom is -0.480 e. The number of aliphatic hydroxyl groups is 1. The van der Waals surface area contributed by atoms with E-state index in [4.69, 9.17) is 5.11 Å². The molecule has 0 spiro atoms. The molecule has 0 bridgehead atoms. The highest BCUT2D eigenvalue weighted by Crippen LogP contribution is 2.23. The van der Waals surface area contributed by atoms with E-state index in [0.29, 0.717) is 19.0 Å². The third-order valence-electron chi connectivity index (χ3n) is 3.50. The van der Waals surface area contributed by atoms with Crippen molar-refractivity contribution in [1.82, 2.24) is 9.80 Å². The molecule has 3 atom stereocenters. The molecule has 3 unspecified atom stereocenters. The van der Waals surface area contributed by atoms with Crippen molar-refractivity contribution >= 4 is 12.0 Å². The van der Waals surface area contributed by atoms with E-state index >= 15 is 0 Å². The molecule has 2 aliphatic rings. The summed E-state index contributed by atoms with van der Waals surface area (Å²) in [5.41, 5.74) is 0. The van der Waals surface area contributed by atoms with Crippen LogP contribution >= 0.6 is 0 Å². The van der Waals surface area contributed by atoms with E-state index in [1.165, 1.54) is 4.90 Å². The maximum atomic E-state index is 12.1. The number of aliphatic carboxylic acids is 1. The van der Waals surface area contributed by atoms with Crippen molar-refractivity contribution < 1.29 is 19.8 Å². The third kappa shape index (κ3) is 2.36. The maximum absolute atomic E-state index is 12.1. The number of amides is 2. The second-order valence-corrected chi connectivity index (χ2v) is 5.02. The molecule has 0 aromatic heterocycles. The minimum atomic E-state index is -1.04. The molecule has 96 valence electrons. The predicted molar refractivity (Wildman–Crippen MR) is 59.5 cm³/mol. The van der Waals surface area contributed by atoms with Gasteiger partial charge in [-0.25, -0.2) is 9.59 Å². The van der Waals surface area contributed by atoms with E-state index < -0.39 is 18.1 Å². The zero-order valence-corrected chi connectivity index (χ0v) is 9.87. The Bertz CT molecular complexity index is 333. The summed E-state index contributed by atoms with van der Waals surface area (Å²) in [6, 6.07) is -1.13. The Morgan fingerprint density at radius 1 is 1.29 bits per heavy atom. The fraction of sp³-hybridized carbons (Fsp3) is 0.818. The fourth-order valence-corrected chi connectivity index (χ4v) is 2.55. The van der Waals surface area contributed by atoms with Gasteiger partial charge in [0, 0.05) is 26.1 Å². The summed E-state index contributed by atoms with van der Waals surface area (Å²) in [7, 11) is 0. The third-order valence-corrected chi connectivity index (χ3v) is 3.50. The predicted octanol–water partition coefficient (Wildman–Crippen LogP) is -0.0320. The Kier molecular flexibility index (Phi) is 3.24. The van der Waals surface area contributed by atoms with Gasteiger partial charge in [-0.1, -0.05) is 6.92 Å². The lowest BCUT2D eigenvalue weighted by atomic mass is 10.2. The molecule has 0 aromatic rings. The van der Waals surface area contributed by atoms with Gasteiger partial charge in [0.05, 0.1) is 6.10 Å². The normalized spacial score (nSPS) is 33.2. The number of carboxylic acids is 1. The molecule has 0 radical (unpaired) electrons. The van der Waals surface area contributed by atoms with Gasteiger partial charge >= 0.3 is 12.0 Å². The van der Waals surface area contributed by atoms with Crippen LogP contribution in [0.25, 0.3) is 0 Å². The van der Waals surface area contributed by atoms with Crippen LogP contribution in [0.15, 0.2) is 0 Å². The molecule has 6 heteroatoms. The maximum Gasteiger partial charge on any atom is 0.326 e. The van der Waals surface area contributed by atoms with Gasteiger partial charge in [-0.2, -0.15) is 0 Å². The summed E-state index contributed by atoms with van der Waals surface area (Å²) in [6.07, 6.45) is 0.365. The SMILES string of the molecule is CC1CCN(C(=O)N2CC(O)CC2C(=O)O)C1. The molecule has 0 saturated carbocycles. The first-order valence-electron chi connectivity index (χ1n) is 5.95. The fourth-order valence-electron chi connectivity index (χ4n) is 2.55. The molecule has 2 fully saturated rings. The zero-order chi connectivity index (χ0) is 12.6. The second-order valence-electron chi connectivity index (χ2n) is 5.02. The van der Waals surface area contributed by atoms with Crippen molar-refractivity contribution in [3.8, 4) is 0 Å². The smallest absolute Gasteiger partial charge is 0.326 e. The summed E-state index contributed by atoms with van der Waals surface area (Å²) >= 11 is 0. The van der Waals surface area contributed by atoms with Gasteiger partial charge in [-0.3, -0.25) is 0 Å². The zero-order valence-electron chi connectivity index (χ0n) is 9.87. The van der Waals surface area contributed by atoms with Crippen LogP contribution < -0.4 is 0 Å². The quantitative estimate of drug-likeness (QED) is 0.676. The number of likely N-dealkylation sites (tertiary alicyclic amines) is 2. The lowest BCUT2D eigenvalue weighted by molar-refractivity contribution is -0.141. The first-order chi connectivity index (χ1) is 7.99. The highest BCUT2D eigenvalue weighted by Gasteiger charge is 2.41. The molecule has 2 amide bonds. The van der Waals surface area contributed by atoms with Gasteiger partial charge in [-0.05, 0) is 12.3 Å². The Balaban J connectivity index is 2.05. The van der Waals surface area contributed by atoms with E-state index in [-0.39, 0.29) is 19.0 Å². The number of aliphatic hydroxyl groups excluding tert-OH is 1. The second kappa shape index (κ2) is 4.52.